The summed E-state index contributed by atoms with van der Waals surface area (Å²) in [6.45, 7) is 3.33. The maximum atomic E-state index is 12.2. The monoisotopic (exact) mass is 729 g/mol. The quantitative estimate of drug-likeness (QED) is 0.0517. The van der Waals surface area contributed by atoms with E-state index in [2.05, 4.69) is 28.1 Å². The van der Waals surface area contributed by atoms with Gasteiger partial charge in [0.25, 0.3) is 0 Å². The predicted molar refractivity (Wildman–Crippen MR) is 169 cm³/mol. The molecule has 1 fully saturated rings. The Morgan fingerprint density at radius 2 is 1.09 bits per heavy atom. The summed E-state index contributed by atoms with van der Waals surface area (Å²) in [6.07, 6.45) is 19.8. The summed E-state index contributed by atoms with van der Waals surface area (Å²) in [6, 6.07) is 0. The zero-order valence-electron chi connectivity index (χ0n) is 28.2. The summed E-state index contributed by atoms with van der Waals surface area (Å²) in [5.74, 6) is -0.334. The van der Waals surface area contributed by atoms with Crippen LogP contribution in [0.2, 0.25) is 0 Å². The molecule has 43 heavy (non-hydrogen) atoms. The molecule has 0 saturated carbocycles. The van der Waals surface area contributed by atoms with Gasteiger partial charge in [0, 0.05) is 12.8 Å². The Bertz CT molecular complexity index is 649. The van der Waals surface area contributed by atoms with E-state index in [4.69, 9.17) is 14.2 Å². The number of quaternary nitrogens is 1. The summed E-state index contributed by atoms with van der Waals surface area (Å²) in [5, 5.41) is 30.7. The lowest BCUT2D eigenvalue weighted by atomic mass is 9.99. The summed E-state index contributed by atoms with van der Waals surface area (Å²) in [4.78, 5) is 12.2. The first-order valence-electron chi connectivity index (χ1n) is 17.4. The van der Waals surface area contributed by atoms with Gasteiger partial charge in [0.05, 0.1) is 34.3 Å². The molecule has 0 radical (unpaired) electrons. The van der Waals surface area contributed by atoms with Gasteiger partial charge in [0.1, 0.15) is 31.0 Å². The summed E-state index contributed by atoms with van der Waals surface area (Å²) < 4.78 is 17.4. The van der Waals surface area contributed by atoms with Crippen molar-refractivity contribution in [2.45, 2.75) is 172 Å². The molecular weight excluding hydrogens is 661 g/mol. The molecular formula is C34H68INO7. The van der Waals surface area contributed by atoms with E-state index in [1.165, 1.54) is 103 Å². The van der Waals surface area contributed by atoms with Crippen LogP contribution in [0.15, 0.2) is 0 Å². The molecule has 5 unspecified atom stereocenters. The highest BCUT2D eigenvalue weighted by Crippen LogP contribution is 2.23. The minimum absolute atomic E-state index is 0. The molecule has 1 rings (SSSR count). The van der Waals surface area contributed by atoms with Crippen molar-refractivity contribution >= 4 is 5.97 Å². The van der Waals surface area contributed by atoms with Crippen molar-refractivity contribution < 1.29 is 62.8 Å². The number of hydrogen-bond donors (Lipinski definition) is 3. The number of unbranched alkanes of at least 4 members (excludes halogenated alkanes) is 18. The third kappa shape index (κ3) is 23.0. The van der Waals surface area contributed by atoms with Crippen molar-refractivity contribution in [3.63, 3.8) is 0 Å². The molecule has 0 aliphatic carbocycles. The first kappa shape index (κ1) is 43.0. The average Bonchev–Trinajstić information content (AvgIpc) is 2.95. The second-order valence-electron chi connectivity index (χ2n) is 13.5. The molecule has 0 aromatic heterocycles. The number of esters is 1. The molecule has 0 spiro atoms. The fraction of sp³-hybridized carbons (Fsp3) is 0.971. The van der Waals surface area contributed by atoms with E-state index >= 15 is 0 Å². The van der Waals surface area contributed by atoms with Crippen LogP contribution in [0.3, 0.4) is 0 Å². The van der Waals surface area contributed by atoms with Gasteiger partial charge < -0.3 is 58.0 Å². The van der Waals surface area contributed by atoms with Gasteiger partial charge in [0.2, 0.25) is 0 Å². The maximum Gasteiger partial charge on any atom is 0.305 e. The van der Waals surface area contributed by atoms with Crippen LogP contribution >= 0.6 is 0 Å². The Hall–Kier alpha value is -0.0400. The Labute approximate surface area is 281 Å². The molecule has 258 valence electrons. The second-order valence-corrected chi connectivity index (χ2v) is 13.5. The van der Waals surface area contributed by atoms with Crippen molar-refractivity contribution in [2.75, 3.05) is 40.9 Å². The predicted octanol–water partition coefficient (Wildman–Crippen LogP) is 3.28. The normalized spacial score (nSPS) is 22.3. The fourth-order valence-electron chi connectivity index (χ4n) is 5.53. The maximum absolute atomic E-state index is 12.2. The standard InChI is InChI=1S/C34H68NO7.HI/c1-5-6-7-8-9-10-11-12-13-14-15-16-17-18-19-20-21-22-23-25-30(36)41-28-29-31(37)32(38)33(39)34(42-29)40-27-24-26-35(2,3)4;/h29,31-34,37-39H,5-28H2,1-4H3;1H/q+1;/p-1. The smallest absolute Gasteiger partial charge is 0.305 e. The zero-order valence-corrected chi connectivity index (χ0v) is 30.3. The highest BCUT2D eigenvalue weighted by Gasteiger charge is 2.44. The number of rotatable bonds is 27. The molecule has 0 aromatic rings. The molecule has 5 atom stereocenters. The molecule has 0 bridgehead atoms. The third-order valence-corrected chi connectivity index (χ3v) is 8.32. The SMILES string of the molecule is CCCCCCCCCCCCCCCCCCCCCC(=O)OCC1OC(OCCC[N+](C)(C)C)C(O)C(O)C1O.[I-]. The lowest BCUT2D eigenvalue weighted by molar-refractivity contribution is -0.870. The van der Waals surface area contributed by atoms with Crippen LogP contribution in [0.25, 0.3) is 0 Å². The minimum atomic E-state index is -1.43. The third-order valence-electron chi connectivity index (χ3n) is 8.32. The number of aliphatic hydroxyl groups excluding tert-OH is 3. The molecule has 1 heterocycles. The van der Waals surface area contributed by atoms with Gasteiger partial charge >= 0.3 is 5.97 Å². The number of halogens is 1. The number of nitrogens with zero attached hydrogens (tertiary/aromatic N) is 1. The highest BCUT2D eigenvalue weighted by atomic mass is 127. The molecule has 3 N–H and O–H groups in total. The van der Waals surface area contributed by atoms with Crippen molar-refractivity contribution in [1.82, 2.24) is 0 Å². The van der Waals surface area contributed by atoms with Crippen LogP contribution in [0.1, 0.15) is 142 Å². The Balaban J connectivity index is 0.0000176. The number of aliphatic hydroxyl groups is 3. The highest BCUT2D eigenvalue weighted by molar-refractivity contribution is 5.69. The number of carbonyl (C=O) groups is 1. The van der Waals surface area contributed by atoms with E-state index in [1.807, 2.05) is 0 Å². The van der Waals surface area contributed by atoms with Crippen LogP contribution in [0.5, 0.6) is 0 Å². The lowest BCUT2D eigenvalue weighted by Crippen LogP contribution is -3.00. The van der Waals surface area contributed by atoms with Gasteiger partial charge in [-0.25, -0.2) is 0 Å². The van der Waals surface area contributed by atoms with Gasteiger partial charge in [-0.3, -0.25) is 4.79 Å². The van der Waals surface area contributed by atoms with Crippen LogP contribution in [0.4, 0.5) is 0 Å². The van der Waals surface area contributed by atoms with Crippen molar-refractivity contribution in [3.05, 3.63) is 0 Å². The molecule has 1 saturated heterocycles. The van der Waals surface area contributed by atoms with Gasteiger partial charge in [-0.2, -0.15) is 0 Å². The second kappa shape index (κ2) is 27.1. The molecule has 9 heteroatoms. The molecule has 1 aliphatic rings. The minimum Gasteiger partial charge on any atom is -1.00 e. The van der Waals surface area contributed by atoms with Gasteiger partial charge in [0.15, 0.2) is 6.29 Å². The lowest BCUT2D eigenvalue weighted by Gasteiger charge is -2.40. The van der Waals surface area contributed by atoms with Crippen molar-refractivity contribution in [1.29, 1.82) is 0 Å². The van der Waals surface area contributed by atoms with E-state index in [0.29, 0.717) is 13.0 Å². The first-order chi connectivity index (χ1) is 20.2. The van der Waals surface area contributed by atoms with E-state index in [9.17, 15) is 20.1 Å². The van der Waals surface area contributed by atoms with Gasteiger partial charge in [-0.05, 0) is 6.42 Å². The van der Waals surface area contributed by atoms with Gasteiger partial charge in [-0.15, -0.1) is 0 Å². The van der Waals surface area contributed by atoms with Crippen LogP contribution in [-0.4, -0.2) is 97.4 Å². The van der Waals surface area contributed by atoms with Crippen LogP contribution < -0.4 is 24.0 Å². The van der Waals surface area contributed by atoms with Gasteiger partial charge in [-0.1, -0.05) is 122 Å². The Morgan fingerprint density at radius 1 is 0.651 bits per heavy atom. The van der Waals surface area contributed by atoms with Crippen LogP contribution in [0, 0.1) is 0 Å². The van der Waals surface area contributed by atoms with Crippen molar-refractivity contribution in [3.8, 4) is 0 Å². The summed E-state index contributed by atoms with van der Waals surface area (Å²) >= 11 is 0. The molecule has 0 amide bonds. The molecule has 1 aliphatic heterocycles. The Morgan fingerprint density at radius 3 is 1.53 bits per heavy atom. The summed E-state index contributed by atoms with van der Waals surface area (Å²) in [5.41, 5.74) is 0. The van der Waals surface area contributed by atoms with E-state index in [1.54, 1.807) is 0 Å². The van der Waals surface area contributed by atoms with Crippen molar-refractivity contribution in [2.24, 2.45) is 0 Å². The number of ether oxygens (including phenoxy) is 3. The Kier molecular flexibility index (Phi) is 27.1. The van der Waals surface area contributed by atoms with E-state index < -0.39 is 30.7 Å². The average molecular weight is 730 g/mol. The topological polar surface area (TPSA) is 105 Å². The number of hydrogen-bond acceptors (Lipinski definition) is 7. The molecule has 0 aromatic carbocycles. The number of carbonyl (C=O) groups excluding carboxylic acids is 1. The van der Waals surface area contributed by atoms with E-state index in [0.717, 1.165) is 36.7 Å². The van der Waals surface area contributed by atoms with E-state index in [-0.39, 0.29) is 36.6 Å². The first-order valence-corrected chi connectivity index (χ1v) is 17.4. The van der Waals surface area contributed by atoms with Crippen LogP contribution in [-0.2, 0) is 19.0 Å². The largest absolute Gasteiger partial charge is 1.00 e. The zero-order chi connectivity index (χ0) is 31.1. The summed E-state index contributed by atoms with van der Waals surface area (Å²) in [7, 11) is 6.24. The fourth-order valence-corrected chi connectivity index (χ4v) is 5.53. The molecule has 8 nitrogen and oxygen atoms in total.